The molecule has 1 heterocycles. The Morgan fingerprint density at radius 2 is 1.62 bits per heavy atom. The number of benzene rings is 2. The highest BCUT2D eigenvalue weighted by atomic mass is 32.2. The molecule has 180 valence electrons. The monoisotopic (exact) mass is 507 g/mol. The number of nitrogens with one attached hydrogen (secondary N) is 1. The molecule has 0 aliphatic carbocycles. The molecule has 0 atom stereocenters. The average molecular weight is 508 g/mol. The fourth-order valence-electron chi connectivity index (χ4n) is 2.83. The van der Waals surface area contributed by atoms with Gasteiger partial charge in [0.1, 0.15) is 10.0 Å². The molecule has 0 fully saturated rings. The van der Waals surface area contributed by atoms with Crippen LogP contribution in [0.25, 0.3) is 11.1 Å². The molecule has 2 aromatic carbocycles. The Hall–Kier alpha value is -3.38. The van der Waals surface area contributed by atoms with Crippen molar-refractivity contribution in [3.8, 4) is 11.1 Å². The van der Waals surface area contributed by atoms with Gasteiger partial charge in [-0.05, 0) is 25.2 Å². The van der Waals surface area contributed by atoms with Crippen LogP contribution in [-0.2, 0) is 32.6 Å². The van der Waals surface area contributed by atoms with Gasteiger partial charge in [-0.3, -0.25) is 0 Å². The van der Waals surface area contributed by atoms with Gasteiger partial charge >= 0.3 is 11.9 Å². The van der Waals surface area contributed by atoms with Crippen LogP contribution in [0.2, 0.25) is 0 Å². The van der Waals surface area contributed by atoms with Crippen LogP contribution in [0.15, 0.2) is 75.9 Å². The van der Waals surface area contributed by atoms with E-state index in [9.17, 15) is 27.5 Å². The van der Waals surface area contributed by atoms with Crippen LogP contribution in [0.3, 0.4) is 0 Å². The number of thiophene rings is 1. The Balaban J connectivity index is 0.000000440. The summed E-state index contributed by atoms with van der Waals surface area (Å²) in [6.45, 7) is 0.0250. The van der Waals surface area contributed by atoms with Crippen molar-refractivity contribution in [1.82, 2.24) is 5.32 Å². The van der Waals surface area contributed by atoms with Crippen molar-refractivity contribution in [1.29, 1.82) is 0 Å². The van der Waals surface area contributed by atoms with E-state index in [2.05, 4.69) is 5.32 Å². The molecule has 34 heavy (non-hydrogen) atoms. The first-order valence-electron chi connectivity index (χ1n) is 9.71. The first-order valence-corrected chi connectivity index (χ1v) is 12.0. The Bertz CT molecular complexity index is 1270. The molecule has 4 N–H and O–H groups in total. The largest absolute Gasteiger partial charge is 0.478 e. The number of hydrogen-bond donors (Lipinski definition) is 4. The topological polar surface area (TPSA) is 141 Å². The maximum absolute atomic E-state index is 14.8. The summed E-state index contributed by atoms with van der Waals surface area (Å²) < 4.78 is 41.1. The third-order valence-electron chi connectivity index (χ3n) is 4.31. The van der Waals surface area contributed by atoms with Crippen molar-refractivity contribution < 1.29 is 37.7 Å². The predicted octanol–water partition coefficient (Wildman–Crippen LogP) is 3.31. The molecule has 0 spiro atoms. The van der Waals surface area contributed by atoms with Crippen LogP contribution in [0.5, 0.6) is 0 Å². The van der Waals surface area contributed by atoms with E-state index in [1.54, 1.807) is 37.4 Å². The summed E-state index contributed by atoms with van der Waals surface area (Å²) in [5.74, 6) is -3.12. The van der Waals surface area contributed by atoms with E-state index in [1.165, 1.54) is 24.3 Å². The third kappa shape index (κ3) is 6.81. The van der Waals surface area contributed by atoms with Gasteiger partial charge in [-0.1, -0.05) is 36.4 Å². The Morgan fingerprint density at radius 1 is 1.00 bits per heavy atom. The molecule has 0 bridgehead atoms. The average Bonchev–Trinajstić information content (AvgIpc) is 3.24. The smallest absolute Gasteiger partial charge is 0.328 e. The standard InChI is InChI=1S/C19H18FNO3S2.C4H4O4/c1-21-11-14-10-17(16-9-5-6-13(12-22)18(16)20)19(25-14)26(23,24)15-7-3-2-4-8-15;5-3(6)1-2-4(7)8/h2-10,21-22H,11-12H2,1H3;1-2H,(H,5,6)(H,7,8)/b;2-1+. The first kappa shape index (κ1) is 26.9. The first-order chi connectivity index (χ1) is 16.1. The van der Waals surface area contributed by atoms with E-state index in [0.29, 0.717) is 24.3 Å². The summed E-state index contributed by atoms with van der Waals surface area (Å²) in [4.78, 5) is 20.1. The van der Waals surface area contributed by atoms with E-state index in [4.69, 9.17) is 10.2 Å². The second kappa shape index (κ2) is 12.2. The molecule has 3 aromatic rings. The molecule has 0 saturated carbocycles. The van der Waals surface area contributed by atoms with Crippen molar-refractivity contribution >= 4 is 33.1 Å². The van der Waals surface area contributed by atoms with Crippen LogP contribution in [0.1, 0.15) is 10.4 Å². The zero-order valence-corrected chi connectivity index (χ0v) is 19.6. The minimum absolute atomic E-state index is 0.0999. The number of aliphatic hydroxyl groups is 1. The lowest BCUT2D eigenvalue weighted by Crippen LogP contribution is -2.02. The number of carboxylic acids is 2. The summed E-state index contributed by atoms with van der Waals surface area (Å²) >= 11 is 1.12. The van der Waals surface area contributed by atoms with E-state index in [1.807, 2.05) is 0 Å². The van der Waals surface area contributed by atoms with Gasteiger partial charge in [-0.25, -0.2) is 22.4 Å². The fourth-order valence-corrected chi connectivity index (χ4v) is 5.98. The highest BCUT2D eigenvalue weighted by molar-refractivity contribution is 7.93. The van der Waals surface area contributed by atoms with Gasteiger partial charge in [0.2, 0.25) is 9.84 Å². The van der Waals surface area contributed by atoms with E-state index >= 15 is 0 Å². The van der Waals surface area contributed by atoms with Crippen LogP contribution in [-0.4, -0.2) is 42.7 Å². The lowest BCUT2D eigenvalue weighted by Gasteiger charge is -2.09. The van der Waals surface area contributed by atoms with E-state index in [-0.39, 0.29) is 20.2 Å². The van der Waals surface area contributed by atoms with E-state index < -0.39 is 34.2 Å². The van der Waals surface area contributed by atoms with Gasteiger partial charge < -0.3 is 20.6 Å². The van der Waals surface area contributed by atoms with Gasteiger partial charge in [0, 0.05) is 40.3 Å². The third-order valence-corrected chi connectivity index (χ3v) is 7.74. The number of hydrogen-bond acceptors (Lipinski definition) is 7. The minimum atomic E-state index is -3.79. The second-order valence-electron chi connectivity index (χ2n) is 6.71. The number of carbonyl (C=O) groups is 2. The van der Waals surface area contributed by atoms with Crippen molar-refractivity contribution in [2.75, 3.05) is 7.05 Å². The Kier molecular flexibility index (Phi) is 9.63. The molecule has 1 aromatic heterocycles. The van der Waals surface area contributed by atoms with Crippen LogP contribution >= 0.6 is 11.3 Å². The quantitative estimate of drug-likeness (QED) is 0.340. The normalized spacial score (nSPS) is 11.1. The molecular weight excluding hydrogens is 485 g/mol. The van der Waals surface area contributed by atoms with Crippen molar-refractivity contribution in [3.63, 3.8) is 0 Å². The zero-order chi connectivity index (χ0) is 25.3. The van der Waals surface area contributed by atoms with Crippen LogP contribution in [0, 0.1) is 5.82 Å². The fraction of sp³-hybridized carbons (Fsp3) is 0.130. The number of aliphatic carboxylic acids is 2. The Morgan fingerprint density at radius 3 is 2.15 bits per heavy atom. The second-order valence-corrected chi connectivity index (χ2v) is 9.99. The maximum atomic E-state index is 14.8. The molecular formula is C23H22FNO7S2. The SMILES string of the molecule is CNCc1cc(-c2cccc(CO)c2F)c(S(=O)(=O)c2ccccc2)s1.O=C(O)/C=C/C(=O)O. The molecule has 0 amide bonds. The molecule has 0 aliphatic rings. The van der Waals surface area contributed by atoms with Gasteiger partial charge in [0.05, 0.1) is 11.5 Å². The number of halogens is 1. The van der Waals surface area contributed by atoms with Gasteiger partial charge in [0.25, 0.3) is 0 Å². The van der Waals surface area contributed by atoms with Crippen LogP contribution in [0.4, 0.5) is 4.39 Å². The summed E-state index contributed by atoms with van der Waals surface area (Å²) in [6.07, 6.45) is 1.12. The molecule has 0 radical (unpaired) electrons. The molecule has 11 heteroatoms. The lowest BCUT2D eigenvalue weighted by molar-refractivity contribution is -0.134. The molecule has 3 rings (SSSR count). The molecule has 0 saturated heterocycles. The lowest BCUT2D eigenvalue weighted by atomic mass is 10.0. The molecule has 0 unspecified atom stereocenters. The highest BCUT2D eigenvalue weighted by Crippen LogP contribution is 2.39. The summed E-state index contributed by atoms with van der Waals surface area (Å²) in [5, 5.41) is 27.9. The number of carboxylic acid groups (broad SMARTS) is 2. The molecule has 8 nitrogen and oxygen atoms in total. The summed E-state index contributed by atoms with van der Waals surface area (Å²) in [5.41, 5.74) is 0.619. The zero-order valence-electron chi connectivity index (χ0n) is 17.9. The molecule has 0 aliphatic heterocycles. The van der Waals surface area contributed by atoms with E-state index in [0.717, 1.165) is 16.2 Å². The number of aliphatic hydroxyl groups excluding tert-OH is 1. The predicted molar refractivity (Wildman–Crippen MR) is 125 cm³/mol. The van der Waals surface area contributed by atoms with Crippen molar-refractivity contribution in [2.45, 2.75) is 22.3 Å². The Labute approximate surface area is 199 Å². The summed E-state index contributed by atoms with van der Waals surface area (Å²) in [6, 6.07) is 14.4. The van der Waals surface area contributed by atoms with Crippen molar-refractivity contribution in [2.24, 2.45) is 0 Å². The number of sulfone groups is 1. The maximum Gasteiger partial charge on any atom is 0.328 e. The highest BCUT2D eigenvalue weighted by Gasteiger charge is 2.27. The van der Waals surface area contributed by atoms with Crippen LogP contribution < -0.4 is 5.32 Å². The van der Waals surface area contributed by atoms with Crippen molar-refractivity contribution in [3.05, 3.63) is 83.0 Å². The number of rotatable bonds is 8. The summed E-state index contributed by atoms with van der Waals surface area (Å²) in [7, 11) is -2.03. The van der Waals surface area contributed by atoms with Gasteiger partial charge in [0.15, 0.2) is 0 Å². The van der Waals surface area contributed by atoms with Gasteiger partial charge in [-0.2, -0.15) is 0 Å². The van der Waals surface area contributed by atoms with Gasteiger partial charge in [-0.15, -0.1) is 11.3 Å². The minimum Gasteiger partial charge on any atom is -0.478 e.